The largest absolute Gasteiger partial charge is 1.00 e. The van der Waals surface area contributed by atoms with Crippen LogP contribution in [0.15, 0.2) is 134 Å². The van der Waals surface area contributed by atoms with Crippen LogP contribution in [0.4, 0.5) is 0 Å². The van der Waals surface area contributed by atoms with Crippen LogP contribution in [-0.2, 0) is 123 Å². The summed E-state index contributed by atoms with van der Waals surface area (Å²) in [5.41, 5.74) is 18.6. The van der Waals surface area contributed by atoms with Crippen LogP contribution in [0, 0.1) is 67.6 Å². The number of carbonyl (C=O) groups is 7. The van der Waals surface area contributed by atoms with Gasteiger partial charge >= 0.3 is 267 Å². The Morgan fingerprint density at radius 1 is 0.550 bits per heavy atom. The van der Waals surface area contributed by atoms with Crippen molar-refractivity contribution in [1.82, 2.24) is 14.2 Å². The summed E-state index contributed by atoms with van der Waals surface area (Å²) >= 11 is 0. The average molecular weight is 2080 g/mol. The van der Waals surface area contributed by atoms with E-state index in [1.54, 1.807) is 78.7 Å². The van der Waals surface area contributed by atoms with Crippen LogP contribution < -0.4 is 237 Å². The topological polar surface area (TPSA) is 893 Å². The molecule has 0 bridgehead atoms. The Morgan fingerprint density at radius 3 is 0.938 bits per heavy atom. The van der Waals surface area contributed by atoms with Crippen LogP contribution in [0.1, 0.15) is 114 Å². The summed E-state index contributed by atoms with van der Waals surface area (Å²) in [4.78, 5) is 129. The molecule has 5 atom stereocenters. The number of nitrogens with one attached hydrogen (secondary N) is 3. The number of benzene rings is 4. The second-order valence-corrected chi connectivity index (χ2v) is 37.4. The molecule has 0 spiro atoms. The molecule has 3 heterocycles. The van der Waals surface area contributed by atoms with Gasteiger partial charge in [0, 0.05) is 87.3 Å². The molecule has 4 aromatic carbocycles. The van der Waals surface area contributed by atoms with E-state index < -0.39 is 216 Å². The van der Waals surface area contributed by atoms with E-state index in [4.69, 9.17) is 27.3 Å². The molecule has 3 fully saturated rings. The van der Waals surface area contributed by atoms with E-state index in [0.717, 1.165) is 25.9 Å². The Kier molecular flexibility index (Phi) is 80.7. The van der Waals surface area contributed by atoms with Crippen molar-refractivity contribution in [1.29, 1.82) is 0 Å². The first-order valence-electron chi connectivity index (χ1n) is 33.2. The molecule has 7 rings (SSSR count). The predicted molar refractivity (Wildman–Crippen MR) is 431 cm³/mol. The predicted octanol–water partition coefficient (Wildman–Crippen LogP) is -13.8. The Bertz CT molecular complexity index is 4860. The minimum Gasteiger partial charge on any atom is -1.00 e. The molecule has 0 aromatic heterocycles. The quantitative estimate of drug-likeness (QED) is 0.00406. The van der Waals surface area contributed by atoms with Crippen LogP contribution in [-0.4, -0.2) is 196 Å². The molecule has 0 saturated carbocycles. The summed E-state index contributed by atoms with van der Waals surface area (Å²) in [6.45, 7) is 13.5. The van der Waals surface area contributed by atoms with Crippen LogP contribution >= 0.6 is 0 Å². The fraction of sp³-hybridized carbons (Fsp3) is 0.443. The van der Waals surface area contributed by atoms with Gasteiger partial charge in [-0.2, -0.15) is 65.3 Å². The number of nitro groups is 6. The second kappa shape index (κ2) is 72.9. The van der Waals surface area contributed by atoms with Gasteiger partial charge in [-0.05, 0) is 61.0 Å². The first-order chi connectivity index (χ1) is 56.7. The van der Waals surface area contributed by atoms with Gasteiger partial charge in [-0.15, -0.1) is 5.60 Å². The van der Waals surface area contributed by atoms with Gasteiger partial charge in [0.2, 0.25) is 35.4 Å². The average Bonchev–Trinajstić information content (AvgIpc) is 0.823. The third kappa shape index (κ3) is 78.6. The molecule has 0 aliphatic carbocycles. The number of para-hydroxylation sites is 4. The fourth-order valence-corrected chi connectivity index (χ4v) is 13.7. The van der Waals surface area contributed by atoms with Crippen molar-refractivity contribution in [3.05, 3.63) is 202 Å². The molecule has 3 aliphatic rings. The van der Waals surface area contributed by atoms with Gasteiger partial charge in [0.25, 0.3) is 26.6 Å². The van der Waals surface area contributed by atoms with Crippen LogP contribution in [0.5, 0.6) is 23.0 Å². The van der Waals surface area contributed by atoms with Gasteiger partial charge < -0.3 is 63.3 Å². The number of sulfonamides is 3. The number of rotatable bonds is 28. The molecule has 3 saturated heterocycles. The SMILES string of the molecule is C.C=CC(N)=O.CC(C)(C)[O-].COS(C)(=O)=O.NC(=O)CCC([N+](=O)[O-])S(=O)(=O)Oc1ccccc1.NC(=O)CCC([N+](=O)[O-])S(=O)(=O)Oc1ccccc1.NC1CCC(=O)NS1(=O)=O.O=C1CCC([N+](=O)[O-])S(=O)(=O)N1.O=C1CCC([N+](=O)[O-])S(=O)(=O)N1.O=CO[O-].O=[N+]([O-])CS(=O)(=O)Oc1ccccc1.O=[N+]([O-])CS(=O)(=O)Oc1ccccc1.[CH2-]CCC.[H-].[K+].[K+].[K+].[Li+]. The van der Waals surface area contributed by atoms with Crippen molar-refractivity contribution in [2.24, 2.45) is 22.9 Å². The Balaban J connectivity index is -0.000000135. The first-order valence-corrected chi connectivity index (χ1v) is 45.8. The van der Waals surface area contributed by atoms with Crippen molar-refractivity contribution in [3.63, 3.8) is 0 Å². The zero-order valence-electron chi connectivity index (χ0n) is 70.7. The van der Waals surface area contributed by atoms with E-state index in [1.165, 1.54) is 79.2 Å². The molecule has 56 nitrogen and oxygen atoms in total. The summed E-state index contributed by atoms with van der Waals surface area (Å²) in [6, 6.07) is 30.0. The van der Waals surface area contributed by atoms with Gasteiger partial charge in [-0.25, -0.2) is 17.9 Å². The molecule has 68 heteroatoms. The Hall–Kier alpha value is -6.54. The fourth-order valence-electron chi connectivity index (χ4n) is 6.66. The molecular formula is C61H93K3LiN13O43S8. The second-order valence-electron chi connectivity index (χ2n) is 23.6. The molecule has 3 aliphatic heterocycles. The number of hydrogen-bond acceptors (Lipinski definition) is 44. The van der Waals surface area contributed by atoms with Crippen LogP contribution in [0.2, 0.25) is 0 Å². The van der Waals surface area contributed by atoms with Crippen LogP contribution in [0.25, 0.3) is 0 Å². The van der Waals surface area contributed by atoms with Crippen molar-refractivity contribution in [2.45, 2.75) is 145 Å². The maximum atomic E-state index is 11.7. The van der Waals surface area contributed by atoms with Gasteiger partial charge in [0.15, 0.2) is 0 Å². The summed E-state index contributed by atoms with van der Waals surface area (Å²) in [5, 5.41) is 71.9. The molecule has 712 valence electrons. The van der Waals surface area contributed by atoms with E-state index in [1.807, 2.05) is 4.72 Å². The van der Waals surface area contributed by atoms with Gasteiger partial charge in [-0.1, -0.05) is 121 Å². The third-order valence-corrected chi connectivity index (χ3v) is 22.3. The maximum Gasteiger partial charge on any atom is 1.00 e. The zero-order chi connectivity index (χ0) is 97.4. The Labute approximate surface area is 883 Å². The number of carbonyl (C=O) groups excluding carboxylic acids is 7. The summed E-state index contributed by atoms with van der Waals surface area (Å²) < 4.78 is 202. The maximum absolute atomic E-state index is 11.7. The molecule has 11 N–H and O–H groups in total. The minimum atomic E-state index is -4.48. The van der Waals surface area contributed by atoms with E-state index in [2.05, 4.69) is 52.0 Å². The third-order valence-electron chi connectivity index (χ3n) is 11.9. The van der Waals surface area contributed by atoms with Crippen molar-refractivity contribution < 1.29 is 341 Å². The number of hydrogen-bond donors (Lipinski definition) is 7. The van der Waals surface area contributed by atoms with Crippen molar-refractivity contribution in [3.8, 4) is 23.0 Å². The minimum absolute atomic E-state index is 0. The normalized spacial score (nSPS) is 15.3. The smallest absolute Gasteiger partial charge is 1.00 e. The number of unbranched alkanes of at least 4 members (excludes halogenated alkanes) is 1. The molecule has 6 amide bonds. The van der Waals surface area contributed by atoms with E-state index in [0.29, 0.717) is 0 Å². The summed E-state index contributed by atoms with van der Waals surface area (Å²) in [5.74, 6) is -6.37. The summed E-state index contributed by atoms with van der Waals surface area (Å²) in [7, 11) is -30.9. The molecule has 5 unspecified atom stereocenters. The number of primary amides is 3. The molecule has 4 aromatic rings. The van der Waals surface area contributed by atoms with Crippen molar-refractivity contribution >= 4 is 123 Å². The number of nitrogens with two attached hydrogens (primary N) is 4. The number of amides is 6. The van der Waals surface area contributed by atoms with Gasteiger partial charge in [0.1, 0.15) is 28.4 Å². The Morgan fingerprint density at radius 2 is 0.775 bits per heavy atom. The zero-order valence-corrected chi connectivity index (χ0v) is 85.6. The monoisotopic (exact) mass is 2080 g/mol. The standard InChI is InChI=1S/2C10H12N2O6S.2C7H7NO5S.2C4H6N2O5S.C4H8N2O3S.C4H9O.C4H9.C3H5NO.C2H6O3S.CH2O3.CH4.3K.Li.H/c2*11-9(13)6-7-10(12(14)15)19(16,17)18-8-4-2-1-3-5-8;2*9-8(10)6-14(11,12)13-7-4-2-1-3-5-7;2*7-3-1-2-4(6(8)9)12(10,11)5-3;5-3-1-2-4(7)6-10(3,8)9;1-4(2,3)5;1-3-4-2;1-2-3(4)5;1-5-6(2,3)4;2-1-4-3;;;;;;/h2*1-5,10H,6-7H2,(H2,11,13);2*1-5H,6H2;2*4H,1-2H2,(H,5,7);3H,1-2,5H2,(H,6,7);1-3H3;1,3-4H2,2H3;2H,1H2,(H2,4,5);1-2H3;1,3H;1H4;;;;;/q;;;;;;;2*-1;;;;;4*+1;-1/p-1. The van der Waals surface area contributed by atoms with E-state index in [9.17, 15) is 162 Å². The van der Waals surface area contributed by atoms with Gasteiger partial charge in [-0.3, -0.25) is 103 Å². The molecular weight excluding hydrogens is 1980 g/mol. The summed E-state index contributed by atoms with van der Waals surface area (Å²) in [6.07, 6.45) is 2.11. The van der Waals surface area contributed by atoms with Crippen molar-refractivity contribution in [2.75, 3.05) is 25.1 Å². The van der Waals surface area contributed by atoms with E-state index in [-0.39, 0.29) is 250 Å². The van der Waals surface area contributed by atoms with E-state index >= 15 is 0 Å². The van der Waals surface area contributed by atoms with Gasteiger partial charge in [0.05, 0.1) is 13.4 Å². The van der Waals surface area contributed by atoms with Crippen LogP contribution in [0.3, 0.4) is 0 Å². The first kappa shape index (κ1) is 143. The molecule has 129 heavy (non-hydrogen) atoms. The number of nitrogens with zero attached hydrogens (tertiary/aromatic N) is 6. The molecule has 0 radical (unpaired) electrons.